The van der Waals surface area contributed by atoms with E-state index >= 15 is 0 Å². The number of nitrogens with zero attached hydrogens (tertiary/aromatic N) is 4. The number of methoxy groups -OCH3 is 1. The van der Waals surface area contributed by atoms with Gasteiger partial charge in [0.1, 0.15) is 5.75 Å². The van der Waals surface area contributed by atoms with Crippen molar-refractivity contribution in [2.45, 2.75) is 57.4 Å². The van der Waals surface area contributed by atoms with E-state index in [2.05, 4.69) is 18.7 Å². The molecule has 2 heterocycles. The molecule has 0 spiro atoms. The fourth-order valence-electron chi connectivity index (χ4n) is 4.96. The first kappa shape index (κ1) is 31.3. The van der Waals surface area contributed by atoms with Crippen LogP contribution in [0.2, 0.25) is 0 Å². The molecular formula is C28H39ClN4O4S2. The summed E-state index contributed by atoms with van der Waals surface area (Å²) < 4.78 is 34.7. The van der Waals surface area contributed by atoms with Gasteiger partial charge in [0.15, 0.2) is 5.13 Å². The van der Waals surface area contributed by atoms with Crippen molar-refractivity contribution in [3.63, 3.8) is 0 Å². The number of anilines is 1. The van der Waals surface area contributed by atoms with Crippen molar-refractivity contribution >= 4 is 55.0 Å². The molecule has 11 heteroatoms. The van der Waals surface area contributed by atoms with Crippen molar-refractivity contribution in [3.05, 3.63) is 48.0 Å². The number of fused-ring (bicyclic) bond motifs is 1. The Kier molecular flexibility index (Phi) is 11.1. The highest BCUT2D eigenvalue weighted by Crippen LogP contribution is 2.32. The zero-order valence-corrected chi connectivity index (χ0v) is 25.6. The number of piperidine rings is 1. The maximum absolute atomic E-state index is 13.8. The zero-order chi connectivity index (χ0) is 27.3. The minimum absolute atomic E-state index is 0. The van der Waals surface area contributed by atoms with Crippen LogP contribution in [0.5, 0.6) is 5.75 Å². The number of hydrogen-bond acceptors (Lipinski definition) is 7. The first-order chi connectivity index (χ1) is 18.3. The Morgan fingerprint density at radius 3 is 2.44 bits per heavy atom. The van der Waals surface area contributed by atoms with Crippen molar-refractivity contribution in [3.8, 4) is 5.75 Å². The molecule has 3 aromatic rings. The fourth-order valence-corrected chi connectivity index (χ4v) is 7.70. The molecule has 1 aliphatic heterocycles. The monoisotopic (exact) mass is 594 g/mol. The van der Waals surface area contributed by atoms with Crippen LogP contribution < -0.4 is 9.64 Å². The molecule has 1 fully saturated rings. The van der Waals surface area contributed by atoms with Crippen molar-refractivity contribution in [1.82, 2.24) is 14.2 Å². The lowest BCUT2D eigenvalue weighted by Gasteiger charge is -2.34. The van der Waals surface area contributed by atoms with Crippen LogP contribution in [-0.2, 0) is 10.0 Å². The molecule has 0 bridgehead atoms. The van der Waals surface area contributed by atoms with E-state index in [4.69, 9.17) is 9.72 Å². The minimum Gasteiger partial charge on any atom is -0.497 e. The third-order valence-electron chi connectivity index (χ3n) is 7.35. The largest absolute Gasteiger partial charge is 0.497 e. The summed E-state index contributed by atoms with van der Waals surface area (Å²) in [5, 5.41) is 0.612. The highest BCUT2D eigenvalue weighted by Gasteiger charge is 2.32. The lowest BCUT2D eigenvalue weighted by Crippen LogP contribution is -2.43. The molecule has 214 valence electrons. The molecule has 1 aliphatic rings. The van der Waals surface area contributed by atoms with Gasteiger partial charge in [-0.3, -0.25) is 9.69 Å². The summed E-state index contributed by atoms with van der Waals surface area (Å²) in [6.45, 7) is 9.73. The number of hydrogen-bond donors (Lipinski definition) is 0. The van der Waals surface area contributed by atoms with E-state index in [9.17, 15) is 13.2 Å². The molecule has 1 amide bonds. The van der Waals surface area contributed by atoms with Gasteiger partial charge in [0.2, 0.25) is 10.0 Å². The van der Waals surface area contributed by atoms with Crippen molar-refractivity contribution in [2.75, 3.05) is 44.7 Å². The van der Waals surface area contributed by atoms with Gasteiger partial charge in [-0.2, -0.15) is 4.31 Å². The quantitative estimate of drug-likeness (QED) is 0.284. The average Bonchev–Trinajstić information content (AvgIpc) is 3.38. The number of rotatable bonds is 11. The molecule has 39 heavy (non-hydrogen) atoms. The lowest BCUT2D eigenvalue weighted by atomic mass is 10.0. The molecule has 4 rings (SSSR count). The summed E-state index contributed by atoms with van der Waals surface area (Å²) in [5.74, 6) is 0.516. The van der Waals surface area contributed by atoms with Gasteiger partial charge >= 0.3 is 0 Å². The van der Waals surface area contributed by atoms with E-state index in [-0.39, 0.29) is 29.3 Å². The van der Waals surface area contributed by atoms with Gasteiger partial charge in [-0.15, -0.1) is 12.4 Å². The normalized spacial score (nSPS) is 16.3. The summed E-state index contributed by atoms with van der Waals surface area (Å²) in [7, 11) is -1.99. The second kappa shape index (κ2) is 13.9. The molecular weight excluding hydrogens is 556 g/mol. The summed E-state index contributed by atoms with van der Waals surface area (Å²) in [4.78, 5) is 22.7. The van der Waals surface area contributed by atoms with E-state index in [1.165, 1.54) is 11.3 Å². The van der Waals surface area contributed by atoms with Gasteiger partial charge in [0.05, 0.1) is 22.2 Å². The third-order valence-corrected chi connectivity index (χ3v) is 10.4. The Morgan fingerprint density at radius 1 is 1.08 bits per heavy atom. The number of thiazole rings is 1. The molecule has 0 N–H and O–H groups in total. The fraction of sp³-hybridized carbons (Fsp3) is 0.500. The average molecular weight is 595 g/mol. The predicted molar refractivity (Wildman–Crippen MR) is 161 cm³/mol. The van der Waals surface area contributed by atoms with E-state index in [1.807, 2.05) is 25.1 Å². The highest BCUT2D eigenvalue weighted by atomic mass is 35.5. The van der Waals surface area contributed by atoms with Crippen LogP contribution in [-0.4, -0.2) is 74.4 Å². The predicted octanol–water partition coefficient (Wildman–Crippen LogP) is 5.67. The van der Waals surface area contributed by atoms with Crippen LogP contribution in [0.25, 0.3) is 10.2 Å². The van der Waals surface area contributed by atoms with Crippen molar-refractivity contribution in [2.24, 2.45) is 0 Å². The van der Waals surface area contributed by atoms with Gasteiger partial charge < -0.3 is 9.64 Å². The number of carbonyl (C=O) groups excluding carboxylic acids is 1. The van der Waals surface area contributed by atoms with Crippen LogP contribution >= 0.6 is 23.7 Å². The number of carbonyl (C=O) groups is 1. The number of amides is 1. The topological polar surface area (TPSA) is 83.1 Å². The Balaban J connectivity index is 0.00000420. The van der Waals surface area contributed by atoms with Gasteiger partial charge in [0.25, 0.3) is 5.91 Å². The highest BCUT2D eigenvalue weighted by molar-refractivity contribution is 7.89. The van der Waals surface area contributed by atoms with E-state index in [0.717, 1.165) is 49.0 Å². The Labute approximate surface area is 242 Å². The molecule has 0 saturated carbocycles. The van der Waals surface area contributed by atoms with Crippen LogP contribution in [0.1, 0.15) is 56.8 Å². The Bertz CT molecular complexity index is 1340. The number of ether oxygens (including phenoxy) is 1. The van der Waals surface area contributed by atoms with E-state index < -0.39 is 10.0 Å². The first-order valence-corrected chi connectivity index (χ1v) is 15.7. The van der Waals surface area contributed by atoms with Crippen LogP contribution in [0.15, 0.2) is 47.4 Å². The number of likely N-dealkylation sites (N-methyl/N-ethyl adjacent to an activating group) is 1. The Hall–Kier alpha value is -2.24. The van der Waals surface area contributed by atoms with Crippen LogP contribution in [0.3, 0.4) is 0 Å². The molecule has 0 radical (unpaired) electrons. The van der Waals surface area contributed by atoms with Gasteiger partial charge in [-0.05, 0) is 68.8 Å². The first-order valence-electron chi connectivity index (χ1n) is 13.4. The van der Waals surface area contributed by atoms with Crippen molar-refractivity contribution in [1.29, 1.82) is 0 Å². The van der Waals surface area contributed by atoms with Crippen LogP contribution in [0.4, 0.5) is 5.13 Å². The van der Waals surface area contributed by atoms with Gasteiger partial charge in [-0.1, -0.05) is 38.5 Å². The second-order valence-corrected chi connectivity index (χ2v) is 12.4. The molecule has 1 atom stereocenters. The standard InChI is InChI=1S/C28H38N4O4S2.ClH/c1-5-22-10-8-9-17-32(22)38(34,35)24-14-11-21(12-15-24)27(33)31(19-18-30(6-2)7-3)28-29-25-20-23(36-4)13-16-26(25)37-28;/h11-16,20,22H,5-10,17-19H2,1-4H3;1H. The number of sulfonamides is 1. The third kappa shape index (κ3) is 6.92. The van der Waals surface area contributed by atoms with Crippen LogP contribution in [0, 0.1) is 0 Å². The molecule has 8 nitrogen and oxygen atoms in total. The summed E-state index contributed by atoms with van der Waals surface area (Å²) >= 11 is 1.46. The van der Waals surface area contributed by atoms with E-state index in [1.54, 1.807) is 40.6 Å². The molecule has 1 saturated heterocycles. The van der Waals surface area contributed by atoms with Gasteiger partial charge in [-0.25, -0.2) is 13.4 Å². The Morgan fingerprint density at radius 2 is 1.79 bits per heavy atom. The van der Waals surface area contributed by atoms with Crippen molar-refractivity contribution < 1.29 is 17.9 Å². The second-order valence-electron chi connectivity index (χ2n) is 9.51. The molecule has 1 unspecified atom stereocenters. The lowest BCUT2D eigenvalue weighted by molar-refractivity contribution is 0.0983. The minimum atomic E-state index is -3.61. The summed E-state index contributed by atoms with van der Waals surface area (Å²) in [6.07, 6.45) is 3.62. The van der Waals surface area contributed by atoms with Gasteiger partial charge in [0, 0.05) is 37.3 Å². The van der Waals surface area contributed by atoms with E-state index in [0.29, 0.717) is 36.1 Å². The number of benzene rings is 2. The smallest absolute Gasteiger partial charge is 0.260 e. The maximum atomic E-state index is 13.8. The molecule has 0 aliphatic carbocycles. The summed E-state index contributed by atoms with van der Waals surface area (Å²) in [5.41, 5.74) is 1.21. The molecule has 2 aromatic carbocycles. The number of aromatic nitrogens is 1. The number of halogens is 1. The molecule has 1 aromatic heterocycles. The SMILES string of the molecule is CCC1CCCCN1S(=O)(=O)c1ccc(C(=O)N(CCN(CC)CC)c2nc3cc(OC)ccc3s2)cc1.Cl. The maximum Gasteiger partial charge on any atom is 0.260 e. The zero-order valence-electron chi connectivity index (χ0n) is 23.1. The summed E-state index contributed by atoms with van der Waals surface area (Å²) in [6, 6.07) is 12.1.